The monoisotopic (exact) mass is 462 g/mol. The molecule has 0 N–H and O–H groups in total. The molecule has 0 radical (unpaired) electrons. The number of rotatable bonds is 0. The van der Waals surface area contributed by atoms with Gasteiger partial charge in [-0.05, 0) is 57.8 Å². The molecule has 0 aliphatic rings. The van der Waals surface area contributed by atoms with E-state index < -0.39 is 0 Å². The maximum atomic E-state index is 12.4. The van der Waals surface area contributed by atoms with Gasteiger partial charge in [0, 0.05) is 0 Å². The van der Waals surface area contributed by atoms with Gasteiger partial charge in [0.05, 0.1) is 0 Å². The number of aryl methyl sites for hydroxylation is 2. The summed E-state index contributed by atoms with van der Waals surface area (Å²) in [7, 11) is 0. The molecule has 0 aliphatic carbocycles. The van der Waals surface area contributed by atoms with Gasteiger partial charge in [0.25, 0.3) is 0 Å². The van der Waals surface area contributed by atoms with Crippen LogP contribution in [0.5, 0.6) is 11.5 Å². The molecule has 0 aliphatic heterocycles. The Kier molecular flexibility index (Phi) is 10.2. The molecule has 0 unspecified atom stereocenters. The van der Waals surface area contributed by atoms with E-state index >= 15 is 0 Å². The zero-order valence-corrected chi connectivity index (χ0v) is 25.2. The van der Waals surface area contributed by atoms with Gasteiger partial charge in [-0.25, -0.2) is 0 Å². The van der Waals surface area contributed by atoms with Gasteiger partial charge in [-0.3, -0.25) is 0 Å². The molecule has 2 aromatic carbocycles. The summed E-state index contributed by atoms with van der Waals surface area (Å²) in [5.41, 5.74) is 5.74. The van der Waals surface area contributed by atoms with Crippen LogP contribution in [0.15, 0.2) is 24.3 Å². The topological polar surface area (TPSA) is 46.1 Å². The number of hydrogen-bond donors (Lipinski definition) is 0. The van der Waals surface area contributed by atoms with Crippen LogP contribution in [-0.2, 0) is 21.7 Å². The van der Waals surface area contributed by atoms with E-state index in [2.05, 4.69) is 96.9 Å². The summed E-state index contributed by atoms with van der Waals surface area (Å²) in [6, 6.07) is 8.10. The van der Waals surface area contributed by atoms with Crippen molar-refractivity contribution in [3.05, 3.63) is 57.6 Å². The van der Waals surface area contributed by atoms with Gasteiger partial charge in [-0.2, -0.15) is 0 Å². The molecular formula is C30H46MgO2. The quantitative estimate of drug-likeness (QED) is 0.398. The molecule has 0 aromatic heterocycles. The van der Waals surface area contributed by atoms with Crippen molar-refractivity contribution in [1.82, 2.24) is 0 Å². The van der Waals surface area contributed by atoms with Crippen molar-refractivity contribution in [2.24, 2.45) is 0 Å². The average molecular weight is 463 g/mol. The zero-order chi connectivity index (χ0) is 25.4. The van der Waals surface area contributed by atoms with E-state index in [1.165, 1.54) is 11.1 Å². The van der Waals surface area contributed by atoms with Crippen molar-refractivity contribution in [3.63, 3.8) is 0 Å². The summed E-state index contributed by atoms with van der Waals surface area (Å²) in [5, 5.41) is 24.8. The Morgan fingerprint density at radius 1 is 0.424 bits per heavy atom. The zero-order valence-electron chi connectivity index (χ0n) is 23.8. The third kappa shape index (κ3) is 8.51. The van der Waals surface area contributed by atoms with E-state index in [4.69, 9.17) is 0 Å². The molecule has 2 nitrogen and oxygen atoms in total. The molecule has 0 spiro atoms. The van der Waals surface area contributed by atoms with Crippen LogP contribution in [0, 0.1) is 13.8 Å². The summed E-state index contributed by atoms with van der Waals surface area (Å²) in [6.07, 6.45) is 0. The Bertz CT molecular complexity index is 794. The van der Waals surface area contributed by atoms with Crippen LogP contribution in [0.2, 0.25) is 0 Å². The summed E-state index contributed by atoms with van der Waals surface area (Å²) in [4.78, 5) is 0. The fraction of sp³-hybridized carbons (Fsp3) is 0.600. The van der Waals surface area contributed by atoms with Crippen molar-refractivity contribution in [2.45, 2.75) is 119 Å². The molecule has 2 aromatic rings. The van der Waals surface area contributed by atoms with Crippen LogP contribution in [0.4, 0.5) is 0 Å². The third-order valence-electron chi connectivity index (χ3n) is 5.70. The Morgan fingerprint density at radius 2 is 0.576 bits per heavy atom. The fourth-order valence-electron chi connectivity index (χ4n) is 3.77. The van der Waals surface area contributed by atoms with Crippen LogP contribution >= 0.6 is 0 Å². The van der Waals surface area contributed by atoms with Crippen LogP contribution in [0.1, 0.15) is 116 Å². The molecule has 0 amide bonds. The van der Waals surface area contributed by atoms with Crippen LogP contribution < -0.4 is 10.2 Å². The van der Waals surface area contributed by atoms with Crippen LogP contribution in [0.3, 0.4) is 0 Å². The van der Waals surface area contributed by atoms with Gasteiger partial charge in [-0.15, -0.1) is 11.5 Å². The van der Waals surface area contributed by atoms with Crippen LogP contribution in [-0.4, -0.2) is 23.1 Å². The molecular weight excluding hydrogens is 417 g/mol. The van der Waals surface area contributed by atoms with Gasteiger partial charge < -0.3 is 10.2 Å². The van der Waals surface area contributed by atoms with E-state index in [9.17, 15) is 10.2 Å². The smallest absolute Gasteiger partial charge is 0.872 e. The fourth-order valence-corrected chi connectivity index (χ4v) is 3.77. The minimum atomic E-state index is -0.0803. The van der Waals surface area contributed by atoms with E-state index in [-0.39, 0.29) is 56.2 Å². The normalized spacial score (nSPS) is 12.5. The first kappa shape index (κ1) is 31.8. The minimum Gasteiger partial charge on any atom is -0.872 e. The molecule has 33 heavy (non-hydrogen) atoms. The first-order valence-corrected chi connectivity index (χ1v) is 11.7. The van der Waals surface area contributed by atoms with E-state index in [0.717, 1.165) is 22.3 Å². The Morgan fingerprint density at radius 3 is 0.697 bits per heavy atom. The molecule has 2 rings (SSSR count). The van der Waals surface area contributed by atoms with Gasteiger partial charge in [0.15, 0.2) is 0 Å². The van der Waals surface area contributed by atoms with Crippen molar-refractivity contribution >= 4 is 23.1 Å². The van der Waals surface area contributed by atoms with Crippen molar-refractivity contribution in [3.8, 4) is 11.5 Å². The summed E-state index contributed by atoms with van der Waals surface area (Å²) < 4.78 is 0. The summed E-state index contributed by atoms with van der Waals surface area (Å²) in [5.74, 6) is 0.427. The average Bonchev–Trinajstić information content (AvgIpc) is 2.55. The van der Waals surface area contributed by atoms with Crippen molar-refractivity contribution in [1.29, 1.82) is 0 Å². The van der Waals surface area contributed by atoms with E-state index in [1.54, 1.807) is 0 Å². The number of hydrogen-bond acceptors (Lipinski definition) is 2. The summed E-state index contributed by atoms with van der Waals surface area (Å²) >= 11 is 0. The summed E-state index contributed by atoms with van der Waals surface area (Å²) in [6.45, 7) is 29.2. The maximum absolute atomic E-state index is 12.4. The largest absolute Gasteiger partial charge is 2.00 e. The molecule has 0 saturated heterocycles. The van der Waals surface area contributed by atoms with Gasteiger partial charge in [-0.1, -0.05) is 118 Å². The predicted octanol–water partition coefficient (Wildman–Crippen LogP) is 6.95. The molecule has 0 saturated carbocycles. The standard InChI is InChI=1S/2C15H24O.Mg/c2*1-10-8-11(14(2,3)4)13(16)12(9-10)15(5,6)7;/h2*8-9,16H,1-7H3;/q;;+2/p-2. The molecule has 0 bridgehead atoms. The first-order chi connectivity index (χ1) is 14.1. The van der Waals surface area contributed by atoms with E-state index in [0.29, 0.717) is 0 Å². The SMILES string of the molecule is Cc1cc(C(C)(C)C)c([O-])c(C(C)(C)C)c1.Cc1cc(C(C)(C)C)c([O-])c(C(C)(C)C)c1.[Mg+2]. The molecule has 180 valence electrons. The van der Waals surface area contributed by atoms with Gasteiger partial charge in [0.1, 0.15) is 0 Å². The minimum absolute atomic E-state index is 0. The second-order valence-electron chi connectivity index (χ2n) is 13.4. The Labute approximate surface area is 220 Å². The third-order valence-corrected chi connectivity index (χ3v) is 5.70. The number of benzene rings is 2. The predicted molar refractivity (Wildman–Crippen MR) is 142 cm³/mol. The van der Waals surface area contributed by atoms with E-state index in [1.807, 2.05) is 24.3 Å². The van der Waals surface area contributed by atoms with Crippen molar-refractivity contribution in [2.75, 3.05) is 0 Å². The molecule has 0 heterocycles. The maximum Gasteiger partial charge on any atom is 2.00 e. The van der Waals surface area contributed by atoms with Crippen molar-refractivity contribution < 1.29 is 10.2 Å². The molecule has 0 fully saturated rings. The second kappa shape index (κ2) is 10.6. The second-order valence-corrected chi connectivity index (χ2v) is 13.4. The van der Waals surface area contributed by atoms with Gasteiger partial charge >= 0.3 is 23.1 Å². The van der Waals surface area contributed by atoms with Gasteiger partial charge in [0.2, 0.25) is 0 Å². The van der Waals surface area contributed by atoms with Crippen LogP contribution in [0.25, 0.3) is 0 Å². The molecule has 0 atom stereocenters. The Hall–Kier alpha value is -1.19. The Balaban J connectivity index is 0.000000602. The molecule has 3 heteroatoms. The first-order valence-electron chi connectivity index (χ1n) is 11.7.